The Kier molecular flexibility index (Phi) is 5.34. The molecule has 4 atom stereocenters. The molecule has 7 heteroatoms. The van der Waals surface area contributed by atoms with Crippen LogP contribution in [0.5, 0.6) is 11.5 Å². The van der Waals surface area contributed by atoms with Gasteiger partial charge in [0.05, 0.1) is 13.7 Å². The summed E-state index contributed by atoms with van der Waals surface area (Å²) in [6.45, 7) is 1.41. The van der Waals surface area contributed by atoms with E-state index in [0.717, 1.165) is 16.5 Å². The van der Waals surface area contributed by atoms with Gasteiger partial charge in [0, 0.05) is 17.4 Å². The van der Waals surface area contributed by atoms with E-state index < -0.39 is 36.5 Å². The molecule has 3 N–H and O–H groups in total. The minimum absolute atomic E-state index is 0.0677. The number of epoxide rings is 1. The van der Waals surface area contributed by atoms with E-state index >= 15 is 0 Å². The first-order chi connectivity index (χ1) is 16.4. The average Bonchev–Trinajstić information content (AvgIpc) is 3.38. The molecule has 1 aliphatic heterocycles. The van der Waals surface area contributed by atoms with Crippen molar-refractivity contribution in [3.63, 3.8) is 0 Å². The van der Waals surface area contributed by atoms with Crippen molar-refractivity contribution >= 4 is 16.7 Å². The molecule has 0 bridgehead atoms. The highest BCUT2D eigenvalue weighted by molar-refractivity contribution is 6.08. The van der Waals surface area contributed by atoms with Gasteiger partial charge in [-0.1, -0.05) is 29.7 Å². The first-order valence-electron chi connectivity index (χ1n) is 10.8. The van der Waals surface area contributed by atoms with Gasteiger partial charge in [0.1, 0.15) is 29.3 Å². The average molecular weight is 458 g/mol. The summed E-state index contributed by atoms with van der Waals surface area (Å²) in [5, 5.41) is 31.3. The number of fused-ring (bicyclic) bond motifs is 3. The minimum Gasteiger partial charge on any atom is -0.507 e. The van der Waals surface area contributed by atoms with Crippen LogP contribution in [0.3, 0.4) is 0 Å². The molecule has 0 aromatic heterocycles. The van der Waals surface area contributed by atoms with E-state index in [9.17, 15) is 20.1 Å². The largest absolute Gasteiger partial charge is 0.507 e. The molecule has 5 rings (SSSR count). The lowest BCUT2D eigenvalue weighted by Crippen LogP contribution is -2.33. The molecule has 1 heterocycles. The first kappa shape index (κ1) is 22.1. The molecule has 1 saturated heterocycles. The summed E-state index contributed by atoms with van der Waals surface area (Å²) in [4.78, 5) is 13.2. The van der Waals surface area contributed by atoms with Crippen LogP contribution in [-0.2, 0) is 9.47 Å². The second kappa shape index (κ2) is 8.23. The number of aromatic hydroxyl groups is 1. The van der Waals surface area contributed by atoms with Gasteiger partial charge in [-0.25, -0.2) is 4.79 Å². The fraction of sp³-hybridized carbons (Fsp3) is 0.296. The molecular formula is C27H22O7. The van der Waals surface area contributed by atoms with Gasteiger partial charge in [-0.2, -0.15) is 0 Å². The number of carbonyl (C=O) groups is 1. The van der Waals surface area contributed by atoms with Gasteiger partial charge in [-0.3, -0.25) is 0 Å². The van der Waals surface area contributed by atoms with Crippen molar-refractivity contribution in [1.82, 2.24) is 0 Å². The number of phenols is 1. The summed E-state index contributed by atoms with van der Waals surface area (Å²) in [5.74, 6) is 11.4. The number of ether oxygens (including phenoxy) is 3. The van der Waals surface area contributed by atoms with Crippen LogP contribution in [0.25, 0.3) is 10.8 Å². The highest BCUT2D eigenvalue weighted by Crippen LogP contribution is 2.40. The zero-order valence-electron chi connectivity index (χ0n) is 18.6. The Morgan fingerprint density at radius 2 is 2.15 bits per heavy atom. The molecule has 0 amide bonds. The summed E-state index contributed by atoms with van der Waals surface area (Å²) in [6, 6.07) is 6.78. The topological polar surface area (TPSA) is 109 Å². The number of methoxy groups -OCH3 is 1. The number of benzene rings is 2. The number of phenolic OH excluding ortho intramolecular Hbond substituents is 1. The monoisotopic (exact) mass is 458 g/mol. The van der Waals surface area contributed by atoms with Crippen LogP contribution in [0.2, 0.25) is 0 Å². The van der Waals surface area contributed by atoms with Gasteiger partial charge < -0.3 is 29.5 Å². The molecular weight excluding hydrogens is 436 g/mol. The lowest BCUT2D eigenvalue weighted by molar-refractivity contribution is 0.0404. The first-order valence-corrected chi connectivity index (χ1v) is 10.8. The van der Waals surface area contributed by atoms with E-state index in [1.54, 1.807) is 24.3 Å². The third-order valence-electron chi connectivity index (χ3n) is 6.28. The van der Waals surface area contributed by atoms with Crippen molar-refractivity contribution in [2.24, 2.45) is 0 Å². The summed E-state index contributed by atoms with van der Waals surface area (Å²) in [5.41, 5.74) is 1.17. The predicted octanol–water partition coefficient (Wildman–Crippen LogP) is 2.16. The molecule has 3 aliphatic rings. The molecule has 2 aliphatic carbocycles. The van der Waals surface area contributed by atoms with Crippen LogP contribution >= 0.6 is 0 Å². The number of rotatable bonds is 5. The smallest absolute Gasteiger partial charge is 0.343 e. The summed E-state index contributed by atoms with van der Waals surface area (Å²) in [7, 11) is 1.54. The molecule has 1 fully saturated rings. The Hall–Kier alpha value is -3.75. The van der Waals surface area contributed by atoms with Crippen LogP contribution in [0.15, 0.2) is 47.6 Å². The molecule has 172 valence electrons. The summed E-state index contributed by atoms with van der Waals surface area (Å²) < 4.78 is 16.6. The molecule has 0 unspecified atom stereocenters. The number of aliphatic hydroxyl groups excluding tert-OH is 2. The number of hydrogen-bond donors (Lipinski definition) is 3. The normalized spacial score (nSPS) is 26.5. The quantitative estimate of drug-likeness (QED) is 0.358. The van der Waals surface area contributed by atoms with Gasteiger partial charge >= 0.3 is 5.97 Å². The van der Waals surface area contributed by atoms with Crippen molar-refractivity contribution in [2.45, 2.75) is 37.3 Å². The second-order valence-electron chi connectivity index (χ2n) is 8.42. The standard InChI is InChI=1S/C27H22O7/c1-15-10-18(32-2)13-21-20(15)6-7-22(29)25(21)26(31)33-19-11-16-4-3-5-24-27(34-24,23(30)14-28)9-8-17(16)12-19/h4,6-7,10,12-13,19,23-24,28-30H,11,14H2,1-2H3/b16-4-/t19-,23-,24-,27-/m0/s1. The van der Waals surface area contributed by atoms with Crippen LogP contribution in [-0.4, -0.2) is 58.9 Å². The highest BCUT2D eigenvalue weighted by Gasteiger charge is 2.60. The molecule has 0 radical (unpaired) electrons. The lowest BCUT2D eigenvalue weighted by atomic mass is 9.99. The Labute approximate surface area is 196 Å². The maximum atomic E-state index is 13.2. The maximum absolute atomic E-state index is 13.2. The molecule has 2 aromatic carbocycles. The number of allylic oxidation sites excluding steroid dienone is 2. The zero-order chi connectivity index (χ0) is 24.0. The fourth-order valence-corrected chi connectivity index (χ4v) is 4.35. The van der Waals surface area contributed by atoms with Crippen molar-refractivity contribution < 1.29 is 34.3 Å². The third kappa shape index (κ3) is 3.61. The number of aryl methyl sites for hydroxylation is 1. The summed E-state index contributed by atoms with van der Waals surface area (Å²) >= 11 is 0. The minimum atomic E-state index is -1.22. The Balaban J connectivity index is 1.45. The van der Waals surface area contributed by atoms with Gasteiger partial charge in [0.2, 0.25) is 0 Å². The molecule has 34 heavy (non-hydrogen) atoms. The second-order valence-corrected chi connectivity index (χ2v) is 8.42. The van der Waals surface area contributed by atoms with Crippen molar-refractivity contribution in [2.75, 3.05) is 13.7 Å². The predicted molar refractivity (Wildman–Crippen MR) is 123 cm³/mol. The number of carbonyl (C=O) groups excluding carboxylic acids is 1. The number of hydrogen-bond acceptors (Lipinski definition) is 7. The van der Waals surface area contributed by atoms with Crippen molar-refractivity contribution in [3.05, 3.63) is 58.7 Å². The van der Waals surface area contributed by atoms with Crippen LogP contribution in [0.1, 0.15) is 22.3 Å². The van der Waals surface area contributed by atoms with Crippen molar-refractivity contribution in [1.29, 1.82) is 0 Å². The third-order valence-corrected chi connectivity index (χ3v) is 6.28. The van der Waals surface area contributed by atoms with E-state index in [0.29, 0.717) is 23.1 Å². The van der Waals surface area contributed by atoms with Gasteiger partial charge in [-0.05, 0) is 53.8 Å². The lowest BCUT2D eigenvalue weighted by Gasteiger charge is -2.14. The van der Waals surface area contributed by atoms with Crippen LogP contribution < -0.4 is 4.74 Å². The van der Waals surface area contributed by atoms with Crippen molar-refractivity contribution in [3.8, 4) is 35.2 Å². The zero-order valence-corrected chi connectivity index (χ0v) is 18.6. The highest BCUT2D eigenvalue weighted by atomic mass is 16.6. The van der Waals surface area contributed by atoms with E-state index in [1.807, 2.05) is 13.0 Å². The van der Waals surface area contributed by atoms with E-state index in [2.05, 4.69) is 23.7 Å². The Morgan fingerprint density at radius 3 is 2.91 bits per heavy atom. The molecule has 0 spiro atoms. The van der Waals surface area contributed by atoms with Gasteiger partial charge in [0.25, 0.3) is 0 Å². The Bertz CT molecular complexity index is 1400. The number of esters is 1. The number of aliphatic hydroxyl groups is 2. The molecule has 0 saturated carbocycles. The van der Waals surface area contributed by atoms with Crippen LogP contribution in [0.4, 0.5) is 0 Å². The van der Waals surface area contributed by atoms with Gasteiger partial charge in [0.15, 0.2) is 11.7 Å². The van der Waals surface area contributed by atoms with E-state index in [-0.39, 0.29) is 11.3 Å². The van der Waals surface area contributed by atoms with E-state index in [1.165, 1.54) is 13.2 Å². The Morgan fingerprint density at radius 1 is 1.32 bits per heavy atom. The van der Waals surface area contributed by atoms with Gasteiger partial charge in [-0.15, -0.1) is 0 Å². The maximum Gasteiger partial charge on any atom is 0.343 e. The molecule has 7 nitrogen and oxygen atoms in total. The molecule has 2 aromatic rings. The van der Waals surface area contributed by atoms with Crippen LogP contribution in [0, 0.1) is 30.6 Å². The summed E-state index contributed by atoms with van der Waals surface area (Å²) in [6.07, 6.45) is 1.43. The fourth-order valence-electron chi connectivity index (χ4n) is 4.35. The van der Waals surface area contributed by atoms with E-state index in [4.69, 9.17) is 14.2 Å². The SMILES string of the molecule is COc1cc(C)c2ccc(O)c(C(=O)O[C@@H]3C=C4C#C[C@@]5([C@@H](O)CO)O[C@H]5C#C/C=C\4C3)c2c1.